The van der Waals surface area contributed by atoms with Gasteiger partial charge in [-0.25, -0.2) is 8.42 Å². The van der Waals surface area contributed by atoms with E-state index in [1.807, 2.05) is 0 Å². The summed E-state index contributed by atoms with van der Waals surface area (Å²) in [5.74, 6) is -1.17. The van der Waals surface area contributed by atoms with Crippen molar-refractivity contribution in [3.8, 4) is 0 Å². The first-order valence-corrected chi connectivity index (χ1v) is 10.0. The van der Waals surface area contributed by atoms with E-state index in [2.05, 4.69) is 10.3 Å². The molecule has 6 nitrogen and oxygen atoms in total. The molecule has 28 heavy (non-hydrogen) atoms. The maximum absolute atomic E-state index is 12.8. The molecule has 0 spiro atoms. The minimum atomic E-state index is -4.51. The Bertz CT molecular complexity index is 949. The van der Waals surface area contributed by atoms with Crippen molar-refractivity contribution in [2.45, 2.75) is 23.9 Å². The Morgan fingerprint density at radius 1 is 1.21 bits per heavy atom. The van der Waals surface area contributed by atoms with Crippen LogP contribution in [-0.2, 0) is 21.0 Å². The topological polar surface area (TPSA) is 79.4 Å². The number of aromatic nitrogens is 1. The van der Waals surface area contributed by atoms with Crippen LogP contribution in [0.2, 0.25) is 0 Å². The van der Waals surface area contributed by atoms with Gasteiger partial charge in [0.2, 0.25) is 15.9 Å². The number of alkyl halides is 3. The Morgan fingerprint density at radius 3 is 2.68 bits per heavy atom. The predicted molar refractivity (Wildman–Crippen MR) is 95.8 cm³/mol. The number of amides is 1. The lowest BCUT2D eigenvalue weighted by molar-refractivity contribution is -0.137. The smallest absolute Gasteiger partial charge is 0.326 e. The number of carbonyl (C=O) groups is 1. The lowest BCUT2D eigenvalue weighted by atomic mass is 9.98. The van der Waals surface area contributed by atoms with E-state index >= 15 is 0 Å². The van der Waals surface area contributed by atoms with E-state index in [4.69, 9.17) is 0 Å². The van der Waals surface area contributed by atoms with Crippen LogP contribution in [0, 0.1) is 5.92 Å². The van der Waals surface area contributed by atoms with Crippen LogP contribution in [0.25, 0.3) is 0 Å². The van der Waals surface area contributed by atoms with Gasteiger partial charge < -0.3 is 5.32 Å². The summed E-state index contributed by atoms with van der Waals surface area (Å²) in [6, 6.07) is 7.27. The van der Waals surface area contributed by atoms with Crippen LogP contribution >= 0.6 is 0 Å². The van der Waals surface area contributed by atoms with Gasteiger partial charge in [-0.15, -0.1) is 0 Å². The molecular formula is C18H18F3N3O3S. The standard InChI is InChI=1S/C18H18F3N3O3S/c19-18(20,21)14-5-1-6-15(10-14)23-17(25)13-4-3-9-24(12-13)28(26,27)16-7-2-8-22-11-16/h1-2,5-8,10-11,13H,3-4,9,12H2,(H,23,25). The van der Waals surface area contributed by atoms with Crippen molar-refractivity contribution < 1.29 is 26.4 Å². The Hall–Kier alpha value is -2.46. The summed E-state index contributed by atoms with van der Waals surface area (Å²) in [5, 5.41) is 2.46. The number of anilines is 1. The van der Waals surface area contributed by atoms with E-state index in [1.165, 1.54) is 41.0 Å². The Morgan fingerprint density at radius 2 is 2.00 bits per heavy atom. The third-order valence-electron chi connectivity index (χ3n) is 4.48. The van der Waals surface area contributed by atoms with Crippen LogP contribution in [0.5, 0.6) is 0 Å². The van der Waals surface area contributed by atoms with Crippen molar-refractivity contribution in [3.05, 3.63) is 54.4 Å². The second-order valence-electron chi connectivity index (χ2n) is 6.46. The summed E-state index contributed by atoms with van der Waals surface area (Å²) in [4.78, 5) is 16.4. The maximum Gasteiger partial charge on any atom is 0.416 e. The van der Waals surface area contributed by atoms with Gasteiger partial charge in [0.1, 0.15) is 4.90 Å². The lowest BCUT2D eigenvalue weighted by Gasteiger charge is -2.31. The number of halogens is 3. The number of hydrogen-bond acceptors (Lipinski definition) is 4. The van der Waals surface area contributed by atoms with E-state index in [0.29, 0.717) is 12.8 Å². The molecule has 1 aliphatic heterocycles. The van der Waals surface area contributed by atoms with Crippen molar-refractivity contribution in [2.75, 3.05) is 18.4 Å². The van der Waals surface area contributed by atoms with E-state index in [0.717, 1.165) is 12.1 Å². The molecular weight excluding hydrogens is 395 g/mol. The van der Waals surface area contributed by atoms with E-state index in [-0.39, 0.29) is 23.7 Å². The number of nitrogens with zero attached hydrogens (tertiary/aromatic N) is 2. The number of benzene rings is 1. The fourth-order valence-corrected chi connectivity index (χ4v) is 4.53. The monoisotopic (exact) mass is 413 g/mol. The molecule has 0 radical (unpaired) electrons. The number of piperidine rings is 1. The minimum Gasteiger partial charge on any atom is -0.326 e. The molecule has 1 amide bonds. The molecule has 1 N–H and O–H groups in total. The van der Waals surface area contributed by atoms with Crippen LogP contribution in [0.3, 0.4) is 0 Å². The first kappa shape index (κ1) is 20.3. The van der Waals surface area contributed by atoms with Crippen molar-refractivity contribution in [1.29, 1.82) is 0 Å². The van der Waals surface area contributed by atoms with Gasteiger partial charge in [0.15, 0.2) is 0 Å². The summed E-state index contributed by atoms with van der Waals surface area (Å²) in [7, 11) is -3.79. The van der Waals surface area contributed by atoms with Gasteiger partial charge in [-0.05, 0) is 43.2 Å². The number of rotatable bonds is 4. The van der Waals surface area contributed by atoms with E-state index in [9.17, 15) is 26.4 Å². The summed E-state index contributed by atoms with van der Waals surface area (Å²) < 4.78 is 65.0. The fourth-order valence-electron chi connectivity index (χ4n) is 3.04. The SMILES string of the molecule is O=C(Nc1cccc(C(F)(F)F)c1)C1CCCN(S(=O)(=O)c2cccnc2)C1. The molecule has 0 bridgehead atoms. The molecule has 10 heteroatoms. The largest absolute Gasteiger partial charge is 0.416 e. The van der Waals surface area contributed by atoms with Gasteiger partial charge in [0.05, 0.1) is 11.5 Å². The zero-order valence-electron chi connectivity index (χ0n) is 14.7. The fraction of sp³-hybridized carbons (Fsp3) is 0.333. The highest BCUT2D eigenvalue weighted by Crippen LogP contribution is 2.31. The zero-order chi connectivity index (χ0) is 20.4. The molecule has 0 saturated carbocycles. The minimum absolute atomic E-state index is 0.0204. The first-order chi connectivity index (χ1) is 13.2. The number of sulfonamides is 1. The third-order valence-corrected chi connectivity index (χ3v) is 6.33. The highest BCUT2D eigenvalue weighted by atomic mass is 32.2. The number of hydrogen-bond donors (Lipinski definition) is 1. The van der Waals surface area contributed by atoms with Crippen molar-refractivity contribution >= 4 is 21.6 Å². The van der Waals surface area contributed by atoms with Crippen molar-refractivity contribution in [1.82, 2.24) is 9.29 Å². The van der Waals surface area contributed by atoms with Crippen molar-refractivity contribution in [3.63, 3.8) is 0 Å². The van der Waals surface area contributed by atoms with Crippen LogP contribution in [-0.4, -0.2) is 36.7 Å². The quantitative estimate of drug-likeness (QED) is 0.835. The number of pyridine rings is 1. The zero-order valence-corrected chi connectivity index (χ0v) is 15.5. The average molecular weight is 413 g/mol. The molecule has 1 aromatic heterocycles. The van der Waals surface area contributed by atoms with E-state index < -0.39 is 33.6 Å². The van der Waals surface area contributed by atoms with Gasteiger partial charge in [0.25, 0.3) is 0 Å². The average Bonchev–Trinajstić information content (AvgIpc) is 2.68. The third kappa shape index (κ3) is 4.50. The van der Waals surface area contributed by atoms with Crippen LogP contribution in [0.1, 0.15) is 18.4 Å². The Kier molecular flexibility index (Phi) is 5.71. The van der Waals surface area contributed by atoms with Gasteiger partial charge >= 0.3 is 6.18 Å². The molecule has 1 saturated heterocycles. The van der Waals surface area contributed by atoms with Crippen LogP contribution in [0.15, 0.2) is 53.7 Å². The molecule has 2 aromatic rings. The summed E-state index contributed by atoms with van der Waals surface area (Å²) >= 11 is 0. The molecule has 1 atom stereocenters. The molecule has 0 aliphatic carbocycles. The van der Waals surface area contributed by atoms with Gasteiger partial charge in [-0.3, -0.25) is 9.78 Å². The Labute approximate surface area is 160 Å². The Balaban J connectivity index is 1.72. The summed E-state index contributed by atoms with van der Waals surface area (Å²) in [6.45, 7) is 0.229. The number of carbonyl (C=O) groups excluding carboxylic acids is 1. The highest BCUT2D eigenvalue weighted by molar-refractivity contribution is 7.89. The lowest BCUT2D eigenvalue weighted by Crippen LogP contribution is -2.43. The molecule has 1 fully saturated rings. The maximum atomic E-state index is 12.8. The van der Waals surface area contributed by atoms with Crippen LogP contribution in [0.4, 0.5) is 18.9 Å². The highest BCUT2D eigenvalue weighted by Gasteiger charge is 2.34. The molecule has 1 unspecified atom stereocenters. The summed E-state index contributed by atoms with van der Waals surface area (Å²) in [6.07, 6.45) is -0.896. The molecule has 2 heterocycles. The van der Waals surface area contributed by atoms with Gasteiger partial charge in [-0.1, -0.05) is 6.07 Å². The van der Waals surface area contributed by atoms with Gasteiger partial charge in [0, 0.05) is 31.2 Å². The second kappa shape index (κ2) is 7.88. The summed E-state index contributed by atoms with van der Waals surface area (Å²) in [5.41, 5.74) is -0.846. The normalized spacial score (nSPS) is 18.6. The van der Waals surface area contributed by atoms with Gasteiger partial charge in [-0.2, -0.15) is 17.5 Å². The predicted octanol–water partition coefficient (Wildman–Crippen LogP) is 3.14. The van der Waals surface area contributed by atoms with Crippen molar-refractivity contribution in [2.24, 2.45) is 5.92 Å². The molecule has 1 aliphatic rings. The van der Waals surface area contributed by atoms with Crippen LogP contribution < -0.4 is 5.32 Å². The second-order valence-corrected chi connectivity index (χ2v) is 8.40. The van der Waals surface area contributed by atoms with E-state index in [1.54, 1.807) is 0 Å². The molecule has 150 valence electrons. The molecule has 1 aromatic carbocycles. The number of nitrogens with one attached hydrogen (secondary N) is 1. The first-order valence-electron chi connectivity index (χ1n) is 8.56. The molecule has 3 rings (SSSR count).